The summed E-state index contributed by atoms with van der Waals surface area (Å²) in [4.78, 5) is 0. The molecular weight excluding hydrogens is 294 g/mol. The van der Waals surface area contributed by atoms with Crippen molar-refractivity contribution in [3.05, 3.63) is 57.5 Å². The lowest BCUT2D eigenvalue weighted by atomic mass is 10.1. The molecule has 0 radical (unpaired) electrons. The molecule has 1 N–H and O–H groups in total. The Morgan fingerprint density at radius 1 is 1.24 bits per heavy atom. The summed E-state index contributed by atoms with van der Waals surface area (Å²) in [6, 6.07) is 5.09. The molecule has 0 aliphatic rings. The van der Waals surface area contributed by atoms with E-state index >= 15 is 0 Å². The second-order valence-corrected chi connectivity index (χ2v) is 4.49. The number of rotatable bonds is 2. The minimum absolute atomic E-state index is 0.0153. The monoisotopic (exact) mass is 302 g/mol. The summed E-state index contributed by atoms with van der Waals surface area (Å²) in [6.07, 6.45) is -1.31. The largest absolute Gasteiger partial charge is 0.463 e. The average Bonchev–Trinajstić information content (AvgIpc) is 2.69. The normalized spacial score (nSPS) is 12.8. The van der Waals surface area contributed by atoms with Crippen LogP contribution in [0.5, 0.6) is 0 Å². The third kappa shape index (κ3) is 2.40. The Balaban J connectivity index is 2.43. The smallest absolute Gasteiger partial charge is 0.140 e. The van der Waals surface area contributed by atoms with E-state index in [2.05, 4.69) is 15.9 Å². The van der Waals surface area contributed by atoms with E-state index in [4.69, 9.17) is 4.42 Å². The predicted molar refractivity (Wildman–Crippen MR) is 61.6 cm³/mol. The first-order valence-corrected chi connectivity index (χ1v) is 5.67. The maximum atomic E-state index is 13.6. The van der Waals surface area contributed by atoms with Gasteiger partial charge in [0, 0.05) is 5.56 Å². The Bertz CT molecular complexity index is 551. The number of aliphatic hydroxyl groups is 1. The number of halogens is 3. The Labute approximate surface area is 105 Å². The van der Waals surface area contributed by atoms with Gasteiger partial charge in [0.25, 0.3) is 0 Å². The van der Waals surface area contributed by atoms with Crippen LogP contribution in [0.3, 0.4) is 0 Å². The molecule has 2 nitrogen and oxygen atoms in total. The van der Waals surface area contributed by atoms with Crippen LogP contribution in [0, 0.1) is 18.6 Å². The molecule has 2 rings (SSSR count). The van der Waals surface area contributed by atoms with Gasteiger partial charge < -0.3 is 9.52 Å². The van der Waals surface area contributed by atoms with Crippen molar-refractivity contribution < 1.29 is 18.3 Å². The summed E-state index contributed by atoms with van der Waals surface area (Å²) in [5, 5.41) is 9.89. The fourth-order valence-corrected chi connectivity index (χ4v) is 1.82. The van der Waals surface area contributed by atoms with E-state index in [1.807, 2.05) is 0 Å². The molecule has 2 aromatic rings. The third-order valence-corrected chi connectivity index (χ3v) is 2.97. The molecule has 5 heteroatoms. The lowest BCUT2D eigenvalue weighted by Gasteiger charge is -2.10. The van der Waals surface area contributed by atoms with Crippen molar-refractivity contribution in [3.63, 3.8) is 0 Å². The molecule has 17 heavy (non-hydrogen) atoms. The highest BCUT2D eigenvalue weighted by Gasteiger charge is 2.20. The zero-order valence-corrected chi connectivity index (χ0v) is 10.5. The molecule has 1 unspecified atom stereocenters. The molecule has 0 aliphatic carbocycles. The molecule has 0 saturated heterocycles. The van der Waals surface area contributed by atoms with E-state index in [1.165, 1.54) is 6.07 Å². The van der Waals surface area contributed by atoms with Crippen molar-refractivity contribution in [2.45, 2.75) is 13.0 Å². The minimum atomic E-state index is -1.31. The molecule has 0 spiro atoms. The molecule has 1 aromatic carbocycles. The van der Waals surface area contributed by atoms with Gasteiger partial charge in [-0.05, 0) is 47.1 Å². The second-order valence-electron chi connectivity index (χ2n) is 3.64. The third-order valence-electron chi connectivity index (χ3n) is 2.36. The van der Waals surface area contributed by atoms with Gasteiger partial charge in [0.15, 0.2) is 0 Å². The van der Waals surface area contributed by atoms with E-state index in [0.29, 0.717) is 5.76 Å². The lowest BCUT2D eigenvalue weighted by Crippen LogP contribution is -2.02. The molecule has 90 valence electrons. The highest BCUT2D eigenvalue weighted by Crippen LogP contribution is 2.29. The molecule has 0 fully saturated rings. The van der Waals surface area contributed by atoms with Gasteiger partial charge in [-0.3, -0.25) is 0 Å². The van der Waals surface area contributed by atoms with E-state index < -0.39 is 17.7 Å². The Morgan fingerprint density at radius 2 is 1.94 bits per heavy atom. The molecule has 0 saturated carbocycles. The van der Waals surface area contributed by atoms with E-state index in [0.717, 1.165) is 12.1 Å². The quantitative estimate of drug-likeness (QED) is 0.858. The van der Waals surface area contributed by atoms with Crippen molar-refractivity contribution in [2.75, 3.05) is 0 Å². The first kappa shape index (κ1) is 12.3. The summed E-state index contributed by atoms with van der Waals surface area (Å²) in [5.41, 5.74) is -0.153. The van der Waals surface area contributed by atoms with Gasteiger partial charge in [-0.25, -0.2) is 8.78 Å². The maximum absolute atomic E-state index is 13.6. The number of hydrogen-bond acceptors (Lipinski definition) is 2. The highest BCUT2D eigenvalue weighted by atomic mass is 79.9. The zero-order chi connectivity index (χ0) is 12.6. The Hall–Kier alpha value is -1.20. The highest BCUT2D eigenvalue weighted by molar-refractivity contribution is 9.10. The molecule has 1 aromatic heterocycles. The van der Waals surface area contributed by atoms with Gasteiger partial charge in [0.2, 0.25) is 0 Å². The topological polar surface area (TPSA) is 33.4 Å². The van der Waals surface area contributed by atoms with Crippen LogP contribution in [-0.2, 0) is 0 Å². The van der Waals surface area contributed by atoms with Crippen LogP contribution in [-0.4, -0.2) is 5.11 Å². The number of aliphatic hydroxyl groups excluding tert-OH is 1. The molecule has 1 heterocycles. The van der Waals surface area contributed by atoms with Crippen molar-refractivity contribution in [1.82, 2.24) is 0 Å². The number of furan rings is 1. The molecule has 1 atom stereocenters. The van der Waals surface area contributed by atoms with Crippen LogP contribution in [0.2, 0.25) is 0 Å². The van der Waals surface area contributed by atoms with Crippen LogP contribution in [0.25, 0.3) is 0 Å². The summed E-state index contributed by atoms with van der Waals surface area (Å²) >= 11 is 2.87. The van der Waals surface area contributed by atoms with Crippen molar-refractivity contribution in [3.8, 4) is 0 Å². The van der Waals surface area contributed by atoms with Crippen LogP contribution in [0.4, 0.5) is 8.78 Å². The second kappa shape index (κ2) is 4.58. The number of hydrogen-bond donors (Lipinski definition) is 1. The molecular formula is C12H9BrF2O2. The van der Waals surface area contributed by atoms with Crippen molar-refractivity contribution in [1.29, 1.82) is 0 Å². The van der Waals surface area contributed by atoms with Gasteiger partial charge in [-0.2, -0.15) is 0 Å². The van der Waals surface area contributed by atoms with Gasteiger partial charge in [-0.1, -0.05) is 0 Å². The summed E-state index contributed by atoms with van der Waals surface area (Å²) < 4.78 is 32.0. The molecule has 0 amide bonds. The van der Waals surface area contributed by atoms with E-state index in [1.54, 1.807) is 13.0 Å². The van der Waals surface area contributed by atoms with Crippen molar-refractivity contribution in [2.24, 2.45) is 0 Å². The fraction of sp³-hybridized carbons (Fsp3) is 0.167. The van der Waals surface area contributed by atoms with Gasteiger partial charge in [0.05, 0.1) is 4.47 Å². The maximum Gasteiger partial charge on any atom is 0.140 e. The van der Waals surface area contributed by atoms with Crippen LogP contribution >= 0.6 is 15.9 Å². The summed E-state index contributed by atoms with van der Waals surface area (Å²) in [7, 11) is 0. The molecule has 0 bridgehead atoms. The summed E-state index contributed by atoms with van der Waals surface area (Å²) in [6.45, 7) is 1.70. The lowest BCUT2D eigenvalue weighted by molar-refractivity contribution is 0.182. The SMILES string of the molecule is Cc1ccc(C(O)c2cc(F)c(Br)cc2F)o1. The molecule has 0 aliphatic heterocycles. The van der Waals surface area contributed by atoms with Crippen molar-refractivity contribution >= 4 is 15.9 Å². The minimum Gasteiger partial charge on any atom is -0.463 e. The Kier molecular flexibility index (Phi) is 3.31. The number of aryl methyl sites for hydroxylation is 1. The fourth-order valence-electron chi connectivity index (χ4n) is 1.50. The predicted octanol–water partition coefficient (Wildman–Crippen LogP) is 3.71. The summed E-state index contributed by atoms with van der Waals surface area (Å²) in [5.74, 6) is -0.552. The standard InChI is InChI=1S/C12H9BrF2O2/c1-6-2-3-11(17-6)12(16)7-4-10(15)8(13)5-9(7)14/h2-5,12,16H,1H3. The van der Waals surface area contributed by atoms with Gasteiger partial charge >= 0.3 is 0 Å². The van der Waals surface area contributed by atoms with E-state index in [9.17, 15) is 13.9 Å². The van der Waals surface area contributed by atoms with Gasteiger partial charge in [0.1, 0.15) is 29.3 Å². The van der Waals surface area contributed by atoms with E-state index in [-0.39, 0.29) is 15.8 Å². The Morgan fingerprint density at radius 3 is 2.53 bits per heavy atom. The van der Waals surface area contributed by atoms with Crippen LogP contribution < -0.4 is 0 Å². The first-order valence-electron chi connectivity index (χ1n) is 4.88. The first-order chi connectivity index (χ1) is 7.99. The van der Waals surface area contributed by atoms with Crippen LogP contribution in [0.15, 0.2) is 33.2 Å². The zero-order valence-electron chi connectivity index (χ0n) is 8.88. The number of benzene rings is 1. The van der Waals surface area contributed by atoms with Crippen LogP contribution in [0.1, 0.15) is 23.2 Å². The average molecular weight is 303 g/mol. The van der Waals surface area contributed by atoms with Gasteiger partial charge in [-0.15, -0.1) is 0 Å².